The second-order valence-electron chi connectivity index (χ2n) is 4.90. The van der Waals surface area contributed by atoms with Crippen LogP contribution in [0.5, 0.6) is 5.75 Å². The van der Waals surface area contributed by atoms with Crippen LogP contribution in [0, 0.1) is 5.92 Å². The third-order valence-corrected chi connectivity index (χ3v) is 3.60. The van der Waals surface area contributed by atoms with Crippen LogP contribution in [-0.4, -0.2) is 38.4 Å². The lowest BCUT2D eigenvalue weighted by atomic mass is 10.0. The molecular weight excluding hydrogens is 272 g/mol. The van der Waals surface area contributed by atoms with E-state index in [0.717, 1.165) is 11.3 Å². The molecule has 1 heterocycles. The number of methoxy groups -OCH3 is 1. The maximum absolute atomic E-state index is 11.1. The summed E-state index contributed by atoms with van der Waals surface area (Å²) in [5.74, 6) is -0.0859. The Morgan fingerprint density at radius 1 is 1.38 bits per heavy atom. The number of aliphatic carboxylic acids is 1. The molecule has 2 unspecified atom stereocenters. The molecule has 0 saturated heterocycles. The zero-order valence-electron chi connectivity index (χ0n) is 12.2. The predicted molar refractivity (Wildman–Crippen MR) is 75.1 cm³/mol. The van der Waals surface area contributed by atoms with Crippen LogP contribution in [0.2, 0.25) is 0 Å². The van der Waals surface area contributed by atoms with Crippen LogP contribution in [0.15, 0.2) is 24.3 Å². The molecule has 0 amide bonds. The molecular formula is C14H18N4O3. The van der Waals surface area contributed by atoms with E-state index in [-0.39, 0.29) is 6.04 Å². The highest BCUT2D eigenvalue weighted by Gasteiger charge is 2.24. The van der Waals surface area contributed by atoms with Crippen molar-refractivity contribution in [3.8, 4) is 5.75 Å². The molecule has 2 rings (SSSR count). The number of rotatable bonds is 6. The molecule has 0 aliphatic carbocycles. The fourth-order valence-corrected chi connectivity index (χ4v) is 2.08. The molecule has 0 fully saturated rings. The van der Waals surface area contributed by atoms with Gasteiger partial charge < -0.3 is 9.84 Å². The smallest absolute Gasteiger partial charge is 0.308 e. The van der Waals surface area contributed by atoms with Crippen molar-refractivity contribution in [2.45, 2.75) is 26.3 Å². The van der Waals surface area contributed by atoms with Gasteiger partial charge in [0.15, 0.2) is 5.82 Å². The largest absolute Gasteiger partial charge is 0.496 e. The van der Waals surface area contributed by atoms with Crippen LogP contribution in [0.25, 0.3) is 0 Å². The highest BCUT2D eigenvalue weighted by atomic mass is 16.5. The van der Waals surface area contributed by atoms with Crippen LogP contribution in [0.3, 0.4) is 0 Å². The van der Waals surface area contributed by atoms with Crippen LogP contribution < -0.4 is 4.74 Å². The summed E-state index contributed by atoms with van der Waals surface area (Å²) in [6.45, 7) is 3.43. The van der Waals surface area contributed by atoms with E-state index in [2.05, 4.69) is 15.5 Å². The molecule has 7 nitrogen and oxygen atoms in total. The highest BCUT2D eigenvalue weighted by Crippen LogP contribution is 2.23. The van der Waals surface area contributed by atoms with Gasteiger partial charge in [0.05, 0.1) is 19.1 Å². The molecule has 0 saturated carbocycles. The van der Waals surface area contributed by atoms with Gasteiger partial charge in [-0.2, -0.15) is 0 Å². The van der Waals surface area contributed by atoms with E-state index in [1.165, 1.54) is 0 Å². The second-order valence-corrected chi connectivity index (χ2v) is 4.90. The average Bonchev–Trinajstić information content (AvgIpc) is 2.94. The molecule has 0 radical (unpaired) electrons. The van der Waals surface area contributed by atoms with Crippen molar-refractivity contribution in [2.75, 3.05) is 7.11 Å². The molecule has 0 aliphatic heterocycles. The number of nitrogens with zero attached hydrogens (tertiary/aromatic N) is 4. The first-order valence-electron chi connectivity index (χ1n) is 6.66. The summed E-state index contributed by atoms with van der Waals surface area (Å²) < 4.78 is 6.87. The first-order valence-corrected chi connectivity index (χ1v) is 6.66. The number of aromatic nitrogens is 4. The Balaban J connectivity index is 2.27. The quantitative estimate of drug-likeness (QED) is 0.868. The Bertz CT molecular complexity index is 626. The first-order chi connectivity index (χ1) is 10.0. The lowest BCUT2D eigenvalue weighted by Crippen LogP contribution is -2.24. The SMILES string of the molecule is COc1ccccc1Cc1nnnn1C(C)C(C)C(=O)O. The topological polar surface area (TPSA) is 90.1 Å². The number of tetrazole rings is 1. The molecule has 1 aromatic carbocycles. The standard InChI is InChI=1S/C14H18N4O3/c1-9(14(19)20)10(2)18-13(15-16-17-18)8-11-6-4-5-7-12(11)21-3/h4-7,9-10H,8H2,1-3H3,(H,19,20). The Labute approximate surface area is 122 Å². The van der Waals surface area contributed by atoms with Crippen LogP contribution in [-0.2, 0) is 11.2 Å². The van der Waals surface area contributed by atoms with E-state index in [9.17, 15) is 4.79 Å². The number of carbonyl (C=O) groups is 1. The van der Waals surface area contributed by atoms with Crippen LogP contribution >= 0.6 is 0 Å². The normalized spacial score (nSPS) is 13.7. The molecule has 2 aromatic rings. The van der Waals surface area contributed by atoms with E-state index >= 15 is 0 Å². The lowest BCUT2D eigenvalue weighted by molar-refractivity contribution is -0.142. The number of hydrogen-bond donors (Lipinski definition) is 1. The van der Waals surface area contributed by atoms with Crippen molar-refractivity contribution in [3.05, 3.63) is 35.7 Å². The van der Waals surface area contributed by atoms with Gasteiger partial charge in [-0.25, -0.2) is 4.68 Å². The summed E-state index contributed by atoms with van der Waals surface area (Å²) in [5, 5.41) is 20.7. The minimum Gasteiger partial charge on any atom is -0.496 e. The fraction of sp³-hybridized carbons (Fsp3) is 0.429. The zero-order valence-corrected chi connectivity index (χ0v) is 12.2. The maximum Gasteiger partial charge on any atom is 0.308 e. The van der Waals surface area contributed by atoms with E-state index in [4.69, 9.17) is 9.84 Å². The predicted octanol–water partition coefficient (Wildman–Crippen LogP) is 1.55. The summed E-state index contributed by atoms with van der Waals surface area (Å²) in [6, 6.07) is 7.27. The molecule has 0 aliphatic rings. The van der Waals surface area contributed by atoms with Gasteiger partial charge in [-0.15, -0.1) is 5.10 Å². The monoisotopic (exact) mass is 290 g/mol. The Kier molecular flexibility index (Phi) is 4.52. The van der Waals surface area contributed by atoms with Crippen molar-refractivity contribution in [1.82, 2.24) is 20.2 Å². The lowest BCUT2D eigenvalue weighted by Gasteiger charge is -2.17. The van der Waals surface area contributed by atoms with E-state index in [0.29, 0.717) is 12.2 Å². The van der Waals surface area contributed by atoms with Crippen molar-refractivity contribution in [2.24, 2.45) is 5.92 Å². The number of para-hydroxylation sites is 1. The molecule has 7 heteroatoms. The zero-order chi connectivity index (χ0) is 15.4. The van der Waals surface area contributed by atoms with Crippen molar-refractivity contribution >= 4 is 5.97 Å². The molecule has 2 atom stereocenters. The number of hydrogen-bond acceptors (Lipinski definition) is 5. The molecule has 0 bridgehead atoms. The Morgan fingerprint density at radius 2 is 2.10 bits per heavy atom. The van der Waals surface area contributed by atoms with Gasteiger partial charge in [0.2, 0.25) is 0 Å². The summed E-state index contributed by atoms with van der Waals surface area (Å²) >= 11 is 0. The van der Waals surface area contributed by atoms with E-state index in [1.54, 1.807) is 25.6 Å². The first kappa shape index (κ1) is 15.0. The van der Waals surface area contributed by atoms with Gasteiger partial charge in [-0.05, 0) is 30.3 Å². The third kappa shape index (κ3) is 3.18. The molecule has 0 spiro atoms. The third-order valence-electron chi connectivity index (χ3n) is 3.60. The van der Waals surface area contributed by atoms with Gasteiger partial charge in [0, 0.05) is 12.0 Å². The maximum atomic E-state index is 11.1. The van der Waals surface area contributed by atoms with Crippen LogP contribution in [0.4, 0.5) is 0 Å². The van der Waals surface area contributed by atoms with E-state index < -0.39 is 11.9 Å². The van der Waals surface area contributed by atoms with Gasteiger partial charge in [0.25, 0.3) is 0 Å². The highest BCUT2D eigenvalue weighted by molar-refractivity contribution is 5.70. The van der Waals surface area contributed by atoms with Gasteiger partial charge in [0.1, 0.15) is 5.75 Å². The number of carboxylic acids is 1. The van der Waals surface area contributed by atoms with Gasteiger partial charge in [-0.3, -0.25) is 4.79 Å². The second kappa shape index (κ2) is 6.34. The minimum absolute atomic E-state index is 0.331. The van der Waals surface area contributed by atoms with Gasteiger partial charge >= 0.3 is 5.97 Å². The summed E-state index contributed by atoms with van der Waals surface area (Å²) in [7, 11) is 1.61. The molecule has 112 valence electrons. The fourth-order valence-electron chi connectivity index (χ4n) is 2.08. The van der Waals surface area contributed by atoms with Crippen molar-refractivity contribution in [3.63, 3.8) is 0 Å². The number of benzene rings is 1. The summed E-state index contributed by atoms with van der Waals surface area (Å²) in [6.07, 6.45) is 0.480. The average molecular weight is 290 g/mol. The summed E-state index contributed by atoms with van der Waals surface area (Å²) in [4.78, 5) is 11.1. The minimum atomic E-state index is -0.874. The molecule has 1 N–H and O–H groups in total. The van der Waals surface area contributed by atoms with Crippen molar-refractivity contribution in [1.29, 1.82) is 0 Å². The number of ether oxygens (including phenoxy) is 1. The van der Waals surface area contributed by atoms with E-state index in [1.807, 2.05) is 24.3 Å². The van der Waals surface area contributed by atoms with Crippen molar-refractivity contribution < 1.29 is 14.6 Å². The number of carboxylic acid groups (broad SMARTS) is 1. The molecule has 1 aromatic heterocycles. The molecule has 21 heavy (non-hydrogen) atoms. The van der Waals surface area contributed by atoms with Gasteiger partial charge in [-0.1, -0.05) is 18.2 Å². The summed E-state index contributed by atoms with van der Waals surface area (Å²) in [5.41, 5.74) is 0.950. The Morgan fingerprint density at radius 3 is 2.76 bits per heavy atom. The van der Waals surface area contributed by atoms with Crippen LogP contribution in [0.1, 0.15) is 31.3 Å². The Hall–Kier alpha value is -2.44.